The highest BCUT2D eigenvalue weighted by Crippen LogP contribution is 2.34. The number of nitrogens with one attached hydrogen (secondary N) is 1. The molecule has 1 aromatic carbocycles. The van der Waals surface area contributed by atoms with Gasteiger partial charge in [0.05, 0.1) is 12.1 Å². The first-order valence-electron chi connectivity index (χ1n) is 5.85. The van der Waals surface area contributed by atoms with Gasteiger partial charge in [-0.3, -0.25) is 4.79 Å². The van der Waals surface area contributed by atoms with Gasteiger partial charge in [-0.2, -0.15) is 0 Å². The van der Waals surface area contributed by atoms with Crippen molar-refractivity contribution in [2.24, 2.45) is 0 Å². The molecule has 0 heterocycles. The number of aryl methyl sites for hydroxylation is 1. The molecule has 5 heteroatoms. The van der Waals surface area contributed by atoms with Crippen LogP contribution in [0.2, 0.25) is 5.02 Å². The van der Waals surface area contributed by atoms with Crippen molar-refractivity contribution < 1.29 is 14.6 Å². The minimum atomic E-state index is -0.393. The van der Waals surface area contributed by atoms with Crippen molar-refractivity contribution in [2.45, 2.75) is 25.3 Å². The molecule has 1 aromatic rings. The molecule has 0 spiro atoms. The maximum absolute atomic E-state index is 11.6. The maximum atomic E-state index is 11.6. The van der Waals surface area contributed by atoms with Gasteiger partial charge in [0, 0.05) is 5.02 Å². The molecule has 98 valence electrons. The van der Waals surface area contributed by atoms with E-state index < -0.39 is 5.54 Å². The van der Waals surface area contributed by atoms with Crippen LogP contribution in [-0.4, -0.2) is 29.8 Å². The average Bonchev–Trinajstić information content (AvgIpc) is 3.11. The van der Waals surface area contributed by atoms with E-state index >= 15 is 0 Å². The Morgan fingerprint density at radius 2 is 2.28 bits per heavy atom. The smallest absolute Gasteiger partial charge is 0.258 e. The van der Waals surface area contributed by atoms with Gasteiger partial charge in [-0.1, -0.05) is 11.6 Å². The highest BCUT2D eigenvalue weighted by molar-refractivity contribution is 6.31. The highest BCUT2D eigenvalue weighted by atomic mass is 35.5. The Labute approximate surface area is 111 Å². The predicted molar refractivity (Wildman–Crippen MR) is 68.9 cm³/mol. The van der Waals surface area contributed by atoms with Crippen LogP contribution < -0.4 is 10.1 Å². The molecule has 2 N–H and O–H groups in total. The van der Waals surface area contributed by atoms with E-state index in [4.69, 9.17) is 21.4 Å². The Balaban J connectivity index is 1.84. The second-order valence-electron chi connectivity index (χ2n) is 4.69. The van der Waals surface area contributed by atoms with Crippen molar-refractivity contribution in [1.82, 2.24) is 5.32 Å². The lowest BCUT2D eigenvalue weighted by Gasteiger charge is -2.14. The zero-order valence-electron chi connectivity index (χ0n) is 10.2. The van der Waals surface area contributed by atoms with E-state index in [-0.39, 0.29) is 19.1 Å². The molecule has 0 aromatic heterocycles. The molecule has 0 saturated heterocycles. The lowest BCUT2D eigenvalue weighted by atomic mass is 10.2. The first kappa shape index (κ1) is 13.2. The summed E-state index contributed by atoms with van der Waals surface area (Å²) >= 11 is 5.89. The molecular formula is C13H16ClNO3. The van der Waals surface area contributed by atoms with Crippen LogP contribution in [-0.2, 0) is 4.79 Å². The fourth-order valence-corrected chi connectivity index (χ4v) is 1.78. The number of carbonyl (C=O) groups is 1. The number of aliphatic hydroxyl groups is 1. The zero-order valence-corrected chi connectivity index (χ0v) is 11.0. The zero-order chi connectivity index (χ0) is 13.2. The van der Waals surface area contributed by atoms with Gasteiger partial charge in [-0.05, 0) is 43.5 Å². The van der Waals surface area contributed by atoms with Crippen LogP contribution >= 0.6 is 11.6 Å². The number of rotatable bonds is 5. The van der Waals surface area contributed by atoms with Gasteiger partial charge in [0.25, 0.3) is 5.91 Å². The standard InChI is InChI=1S/C13H16ClNO3/c1-9-6-10(2-3-11(9)14)18-7-12(17)15-13(8-16)4-5-13/h2-3,6,16H,4-5,7-8H2,1H3,(H,15,17). The minimum Gasteiger partial charge on any atom is -0.484 e. The first-order valence-corrected chi connectivity index (χ1v) is 6.23. The Bertz CT molecular complexity index is 458. The van der Waals surface area contributed by atoms with Crippen LogP contribution in [0.4, 0.5) is 0 Å². The topological polar surface area (TPSA) is 58.6 Å². The van der Waals surface area contributed by atoms with E-state index in [0.717, 1.165) is 18.4 Å². The molecule has 0 bridgehead atoms. The molecule has 2 rings (SSSR count). The van der Waals surface area contributed by atoms with Crippen LogP contribution in [0.15, 0.2) is 18.2 Å². The Hall–Kier alpha value is -1.26. The third-order valence-electron chi connectivity index (χ3n) is 3.06. The number of hydrogen-bond acceptors (Lipinski definition) is 3. The molecule has 1 amide bonds. The molecule has 0 radical (unpaired) electrons. The second-order valence-corrected chi connectivity index (χ2v) is 5.09. The van der Waals surface area contributed by atoms with Crippen LogP contribution in [0.5, 0.6) is 5.75 Å². The summed E-state index contributed by atoms with van der Waals surface area (Å²) in [6.45, 7) is 1.81. The summed E-state index contributed by atoms with van der Waals surface area (Å²) in [6.07, 6.45) is 1.66. The fourth-order valence-electron chi connectivity index (χ4n) is 1.66. The third kappa shape index (κ3) is 3.15. The SMILES string of the molecule is Cc1cc(OCC(=O)NC2(CO)CC2)ccc1Cl. The van der Waals surface area contributed by atoms with Crippen LogP contribution in [0.3, 0.4) is 0 Å². The van der Waals surface area contributed by atoms with E-state index in [9.17, 15) is 4.79 Å². The van der Waals surface area contributed by atoms with Crippen molar-refractivity contribution in [3.63, 3.8) is 0 Å². The Kier molecular flexibility index (Phi) is 3.78. The summed E-state index contributed by atoms with van der Waals surface area (Å²) in [6, 6.07) is 5.25. The lowest BCUT2D eigenvalue weighted by molar-refractivity contribution is -0.124. The summed E-state index contributed by atoms with van der Waals surface area (Å²) in [5.41, 5.74) is 0.514. The van der Waals surface area contributed by atoms with E-state index in [0.29, 0.717) is 10.8 Å². The molecular weight excluding hydrogens is 254 g/mol. The summed E-state index contributed by atoms with van der Waals surface area (Å²) in [5, 5.41) is 12.5. The molecule has 0 unspecified atom stereocenters. The molecule has 1 aliphatic carbocycles. The van der Waals surface area contributed by atoms with Crippen LogP contribution in [0.1, 0.15) is 18.4 Å². The van der Waals surface area contributed by atoms with Crippen LogP contribution in [0, 0.1) is 6.92 Å². The lowest BCUT2D eigenvalue weighted by Crippen LogP contribution is -2.42. The summed E-state index contributed by atoms with van der Waals surface area (Å²) in [4.78, 5) is 11.6. The fraction of sp³-hybridized carbons (Fsp3) is 0.462. The van der Waals surface area contributed by atoms with Crippen LogP contribution in [0.25, 0.3) is 0 Å². The number of ether oxygens (including phenoxy) is 1. The summed E-state index contributed by atoms with van der Waals surface area (Å²) in [5.74, 6) is 0.398. The van der Waals surface area contributed by atoms with Gasteiger partial charge < -0.3 is 15.2 Å². The van der Waals surface area contributed by atoms with Gasteiger partial charge in [-0.15, -0.1) is 0 Å². The molecule has 0 aliphatic heterocycles. The van der Waals surface area contributed by atoms with E-state index in [1.807, 2.05) is 6.92 Å². The Morgan fingerprint density at radius 3 is 2.83 bits per heavy atom. The van der Waals surface area contributed by atoms with Gasteiger partial charge in [-0.25, -0.2) is 0 Å². The molecule has 1 saturated carbocycles. The molecule has 0 atom stereocenters. The van der Waals surface area contributed by atoms with Gasteiger partial charge in [0.1, 0.15) is 5.75 Å². The summed E-state index contributed by atoms with van der Waals surface area (Å²) < 4.78 is 5.37. The first-order chi connectivity index (χ1) is 8.54. The number of amides is 1. The van der Waals surface area contributed by atoms with E-state index in [1.54, 1.807) is 18.2 Å². The minimum absolute atomic E-state index is 0.0151. The second kappa shape index (κ2) is 5.16. The number of hydrogen-bond donors (Lipinski definition) is 2. The maximum Gasteiger partial charge on any atom is 0.258 e. The van der Waals surface area contributed by atoms with Gasteiger partial charge >= 0.3 is 0 Å². The van der Waals surface area contributed by atoms with Crippen molar-refractivity contribution in [2.75, 3.05) is 13.2 Å². The third-order valence-corrected chi connectivity index (χ3v) is 3.48. The monoisotopic (exact) mass is 269 g/mol. The molecule has 1 fully saturated rings. The van der Waals surface area contributed by atoms with Crippen molar-refractivity contribution in [3.05, 3.63) is 28.8 Å². The van der Waals surface area contributed by atoms with Crippen molar-refractivity contribution in [3.8, 4) is 5.75 Å². The number of halogens is 1. The Morgan fingerprint density at radius 1 is 1.56 bits per heavy atom. The molecule has 1 aliphatic rings. The summed E-state index contributed by atoms with van der Waals surface area (Å²) in [7, 11) is 0. The number of carbonyl (C=O) groups excluding carboxylic acids is 1. The molecule has 18 heavy (non-hydrogen) atoms. The quantitative estimate of drug-likeness (QED) is 0.855. The number of benzene rings is 1. The normalized spacial score (nSPS) is 16.2. The van der Waals surface area contributed by atoms with E-state index in [2.05, 4.69) is 5.32 Å². The largest absolute Gasteiger partial charge is 0.484 e. The van der Waals surface area contributed by atoms with Crippen molar-refractivity contribution >= 4 is 17.5 Å². The molecule has 4 nitrogen and oxygen atoms in total. The van der Waals surface area contributed by atoms with Crippen molar-refractivity contribution in [1.29, 1.82) is 0 Å². The number of aliphatic hydroxyl groups excluding tert-OH is 1. The average molecular weight is 270 g/mol. The van der Waals surface area contributed by atoms with Gasteiger partial charge in [0.2, 0.25) is 0 Å². The van der Waals surface area contributed by atoms with E-state index in [1.165, 1.54) is 0 Å². The van der Waals surface area contributed by atoms with Gasteiger partial charge in [0.15, 0.2) is 6.61 Å². The highest BCUT2D eigenvalue weighted by Gasteiger charge is 2.43. The predicted octanol–water partition coefficient (Wildman–Crippen LogP) is 1.67.